The molecule has 0 bridgehead atoms. The molecule has 0 saturated carbocycles. The van der Waals surface area contributed by atoms with Crippen LogP contribution in [0.1, 0.15) is 57.3 Å². The largest absolute Gasteiger partial charge is 0.372 e. The van der Waals surface area contributed by atoms with Gasteiger partial charge in [-0.15, -0.1) is 0 Å². The number of halogens is 1. The molecule has 3 aromatic carbocycles. The predicted octanol–water partition coefficient (Wildman–Crippen LogP) is 7.29. The molecule has 4 aromatic rings. The zero-order chi connectivity index (χ0) is 27.4. The van der Waals surface area contributed by atoms with Crippen LogP contribution in [0.5, 0.6) is 0 Å². The van der Waals surface area contributed by atoms with Gasteiger partial charge in [-0.25, -0.2) is 4.39 Å². The number of Topliss-reactive ketones (excluding diaryl/α,β-unsaturated/α-hetero) is 2. The second kappa shape index (κ2) is 11.7. The Hall–Kier alpha value is -4.19. The van der Waals surface area contributed by atoms with E-state index in [-0.39, 0.29) is 18.0 Å². The smallest absolute Gasteiger partial charge is 0.168 e. The van der Waals surface area contributed by atoms with Gasteiger partial charge in [-0.3, -0.25) is 9.59 Å². The molecule has 2 N–H and O–H groups in total. The second-order valence-corrected chi connectivity index (χ2v) is 10.6. The first kappa shape index (κ1) is 26.4. The Morgan fingerprint density at radius 2 is 1.51 bits per heavy atom. The van der Waals surface area contributed by atoms with Crippen molar-refractivity contribution in [1.29, 1.82) is 0 Å². The molecule has 0 atom stereocenters. The first-order valence-corrected chi connectivity index (χ1v) is 13.5. The summed E-state index contributed by atoms with van der Waals surface area (Å²) < 4.78 is 14.9. The van der Waals surface area contributed by atoms with Crippen LogP contribution in [0.15, 0.2) is 79.0 Å². The number of anilines is 3. The Kier molecular flexibility index (Phi) is 7.92. The van der Waals surface area contributed by atoms with Crippen LogP contribution in [0, 0.1) is 18.7 Å². The van der Waals surface area contributed by atoms with Crippen molar-refractivity contribution in [3.63, 3.8) is 0 Å². The number of piperidine rings is 1. The number of benzene rings is 3. The molecule has 5 nitrogen and oxygen atoms in total. The summed E-state index contributed by atoms with van der Waals surface area (Å²) in [5.74, 6) is 0.362. The lowest BCUT2D eigenvalue weighted by Gasteiger charge is -2.32. The van der Waals surface area contributed by atoms with E-state index in [4.69, 9.17) is 0 Å². The van der Waals surface area contributed by atoms with Gasteiger partial charge in [-0.1, -0.05) is 25.1 Å². The van der Waals surface area contributed by atoms with E-state index in [2.05, 4.69) is 22.1 Å². The molecule has 1 aliphatic rings. The highest BCUT2D eigenvalue weighted by molar-refractivity contribution is 5.98. The van der Waals surface area contributed by atoms with Gasteiger partial charge < -0.3 is 15.2 Å². The van der Waals surface area contributed by atoms with Crippen LogP contribution >= 0.6 is 0 Å². The van der Waals surface area contributed by atoms with Crippen LogP contribution in [0.4, 0.5) is 21.5 Å². The topological polar surface area (TPSA) is 65.2 Å². The third kappa shape index (κ3) is 6.63. The number of rotatable bonds is 9. The van der Waals surface area contributed by atoms with Crippen molar-refractivity contribution in [2.24, 2.45) is 5.92 Å². The highest BCUT2D eigenvalue weighted by atomic mass is 19.1. The minimum absolute atomic E-state index is 0.0335. The minimum Gasteiger partial charge on any atom is -0.372 e. The average Bonchev–Trinajstić information content (AvgIpc) is 3.38. The first-order valence-electron chi connectivity index (χ1n) is 13.5. The van der Waals surface area contributed by atoms with E-state index in [1.165, 1.54) is 18.9 Å². The molecule has 1 aliphatic heterocycles. The third-order valence-corrected chi connectivity index (χ3v) is 7.48. The summed E-state index contributed by atoms with van der Waals surface area (Å²) >= 11 is 0. The van der Waals surface area contributed by atoms with Gasteiger partial charge in [0.05, 0.1) is 5.69 Å². The van der Waals surface area contributed by atoms with Gasteiger partial charge in [-0.05, 0) is 91.4 Å². The molecule has 1 fully saturated rings. The highest BCUT2D eigenvalue weighted by Gasteiger charge is 2.17. The van der Waals surface area contributed by atoms with Crippen molar-refractivity contribution in [3.05, 3.63) is 113 Å². The lowest BCUT2D eigenvalue weighted by molar-refractivity contribution is 0.0985. The van der Waals surface area contributed by atoms with E-state index in [0.29, 0.717) is 28.8 Å². The van der Waals surface area contributed by atoms with Gasteiger partial charge in [0.25, 0.3) is 0 Å². The van der Waals surface area contributed by atoms with Crippen LogP contribution in [0.2, 0.25) is 0 Å². The number of carbonyl (C=O) groups excluding carboxylic acids is 2. The van der Waals surface area contributed by atoms with Crippen molar-refractivity contribution < 1.29 is 14.0 Å². The zero-order valence-electron chi connectivity index (χ0n) is 22.5. The number of nitrogens with one attached hydrogen (secondary N) is 2. The first-order chi connectivity index (χ1) is 18.8. The summed E-state index contributed by atoms with van der Waals surface area (Å²) in [6.07, 6.45) is 4.55. The maximum Gasteiger partial charge on any atom is 0.168 e. The number of H-pyrrole nitrogens is 1. The van der Waals surface area contributed by atoms with Crippen molar-refractivity contribution in [2.75, 3.05) is 23.3 Å². The lowest BCUT2D eigenvalue weighted by atomic mass is 9.98. The van der Waals surface area contributed by atoms with Crippen molar-refractivity contribution in [3.8, 4) is 0 Å². The van der Waals surface area contributed by atoms with Gasteiger partial charge in [0.15, 0.2) is 11.6 Å². The summed E-state index contributed by atoms with van der Waals surface area (Å²) in [6, 6.07) is 21.8. The van der Waals surface area contributed by atoms with Crippen molar-refractivity contribution in [2.45, 2.75) is 39.5 Å². The predicted molar refractivity (Wildman–Crippen MR) is 155 cm³/mol. The Bertz CT molecular complexity index is 1450. The van der Waals surface area contributed by atoms with Crippen LogP contribution < -0.4 is 10.2 Å². The number of hydrogen-bond donors (Lipinski definition) is 2. The van der Waals surface area contributed by atoms with Crippen LogP contribution in [0.3, 0.4) is 0 Å². The monoisotopic (exact) mass is 523 g/mol. The number of aromatic nitrogens is 1. The molecule has 0 aliphatic carbocycles. The number of aryl methyl sites for hydroxylation is 1. The summed E-state index contributed by atoms with van der Waals surface area (Å²) in [6.45, 7) is 6.30. The molecular formula is C33H34FN3O2. The quantitative estimate of drug-likeness (QED) is 0.226. The Balaban J connectivity index is 1.16. The van der Waals surface area contributed by atoms with E-state index in [1.807, 2.05) is 61.5 Å². The maximum absolute atomic E-state index is 14.9. The Morgan fingerprint density at radius 1 is 0.872 bits per heavy atom. The number of hydrogen-bond acceptors (Lipinski definition) is 4. The number of aromatic amines is 1. The molecule has 5 rings (SSSR count). The van der Waals surface area contributed by atoms with Gasteiger partial charge in [-0.2, -0.15) is 0 Å². The van der Waals surface area contributed by atoms with Gasteiger partial charge in [0, 0.05) is 60.3 Å². The second-order valence-electron chi connectivity index (χ2n) is 10.6. The number of carbonyl (C=O) groups is 2. The molecule has 1 saturated heterocycles. The fraction of sp³-hybridized carbons (Fsp3) is 0.273. The summed E-state index contributed by atoms with van der Waals surface area (Å²) in [5, 5.41) is 3.09. The summed E-state index contributed by atoms with van der Waals surface area (Å²) in [4.78, 5) is 30.7. The number of nitrogens with zero attached hydrogens (tertiary/aromatic N) is 1. The molecule has 2 heterocycles. The van der Waals surface area contributed by atoms with Gasteiger partial charge in [0.2, 0.25) is 0 Å². The molecule has 1 aromatic heterocycles. The van der Waals surface area contributed by atoms with E-state index in [0.717, 1.165) is 41.6 Å². The number of ketones is 2. The van der Waals surface area contributed by atoms with E-state index < -0.39 is 5.82 Å². The minimum atomic E-state index is -0.419. The standard InChI is InChI=1S/C33H34FN3O2/c1-22-13-15-37(16-14-22)29-10-6-26(7-11-29)32(38)20-25-5-12-31(30(34)18-25)36-28-8-3-24(4-9-28)19-33(39)27-17-23(2)35-21-27/h3-12,17-18,21-22,35-36H,13-16,19-20H2,1-2H3. The Labute approximate surface area is 229 Å². The van der Waals surface area contributed by atoms with Gasteiger partial charge >= 0.3 is 0 Å². The molecule has 0 spiro atoms. The van der Waals surface area contributed by atoms with Gasteiger partial charge in [0.1, 0.15) is 5.82 Å². The van der Waals surface area contributed by atoms with Crippen LogP contribution in [0.25, 0.3) is 0 Å². The molecule has 0 unspecified atom stereocenters. The lowest BCUT2D eigenvalue weighted by Crippen LogP contribution is -2.32. The van der Waals surface area contributed by atoms with E-state index in [1.54, 1.807) is 18.3 Å². The fourth-order valence-electron chi connectivity index (χ4n) is 5.00. The van der Waals surface area contributed by atoms with Crippen molar-refractivity contribution >= 4 is 28.6 Å². The molecule has 200 valence electrons. The average molecular weight is 524 g/mol. The van der Waals surface area contributed by atoms with E-state index >= 15 is 0 Å². The molecule has 0 amide bonds. The highest BCUT2D eigenvalue weighted by Crippen LogP contribution is 2.25. The summed E-state index contributed by atoms with van der Waals surface area (Å²) in [5.41, 5.74) is 5.97. The van der Waals surface area contributed by atoms with Crippen LogP contribution in [-0.4, -0.2) is 29.6 Å². The normalized spacial score (nSPS) is 13.9. The zero-order valence-corrected chi connectivity index (χ0v) is 22.5. The molecule has 39 heavy (non-hydrogen) atoms. The maximum atomic E-state index is 14.9. The summed E-state index contributed by atoms with van der Waals surface area (Å²) in [7, 11) is 0. The third-order valence-electron chi connectivity index (χ3n) is 7.48. The Morgan fingerprint density at radius 3 is 2.15 bits per heavy atom. The fourth-order valence-corrected chi connectivity index (χ4v) is 5.00. The van der Waals surface area contributed by atoms with Crippen LogP contribution in [-0.2, 0) is 12.8 Å². The van der Waals surface area contributed by atoms with Crippen molar-refractivity contribution in [1.82, 2.24) is 4.98 Å². The molecule has 0 radical (unpaired) electrons. The molecule has 6 heteroatoms. The molecular weight excluding hydrogens is 489 g/mol. The SMILES string of the molecule is Cc1cc(C(=O)Cc2ccc(Nc3ccc(CC(=O)c4ccc(N5CCC(C)CC5)cc4)cc3F)cc2)c[nH]1. The van der Waals surface area contributed by atoms with E-state index in [9.17, 15) is 14.0 Å².